The zero-order valence-corrected chi connectivity index (χ0v) is 28.3. The van der Waals surface area contributed by atoms with Crippen molar-refractivity contribution in [2.45, 2.75) is 31.6 Å². The third-order valence-corrected chi connectivity index (χ3v) is 12.3. The van der Waals surface area contributed by atoms with Crippen molar-refractivity contribution in [1.82, 2.24) is 4.48 Å². The van der Waals surface area contributed by atoms with Gasteiger partial charge in [-0.15, -0.1) is 0 Å². The van der Waals surface area contributed by atoms with Crippen LogP contribution in [-0.2, 0) is 10.8 Å². The van der Waals surface area contributed by atoms with E-state index in [4.69, 9.17) is 0 Å². The molecule has 1 spiro atoms. The summed E-state index contributed by atoms with van der Waals surface area (Å²) in [5.74, 6) is 0. The molecule has 7 aromatic carbocycles. The molecule has 12 rings (SSSR count). The van der Waals surface area contributed by atoms with Crippen LogP contribution < -0.4 is 15.8 Å². The van der Waals surface area contributed by atoms with E-state index in [2.05, 4.69) is 176 Å². The molecule has 0 atom stereocenters. The Morgan fingerprint density at radius 2 is 1.14 bits per heavy atom. The van der Waals surface area contributed by atoms with Gasteiger partial charge < -0.3 is 9.38 Å². The molecule has 3 aliphatic heterocycles. The first-order valence-corrected chi connectivity index (χ1v) is 17.9. The average Bonchev–Trinajstić information content (AvgIpc) is 3.64. The topological polar surface area (TPSA) is 8.17 Å². The summed E-state index contributed by atoms with van der Waals surface area (Å²) < 4.78 is 2.68. The fourth-order valence-corrected chi connectivity index (χ4v) is 10.4. The van der Waals surface area contributed by atoms with E-state index in [1.807, 2.05) is 0 Å². The maximum Gasteiger partial charge on any atom is 0.333 e. The predicted octanol–water partition coefficient (Wildman–Crippen LogP) is 10.2. The fraction of sp³-hybridized carbons (Fsp3) is 0.106. The number of benzene rings is 7. The molecule has 0 amide bonds. The normalized spacial score (nSPS) is 15.2. The molecule has 3 heteroatoms. The lowest BCUT2D eigenvalue weighted by Gasteiger charge is -2.50. The third-order valence-electron chi connectivity index (χ3n) is 12.3. The first kappa shape index (κ1) is 27.1. The average molecular weight is 637 g/mol. The Hall–Kier alpha value is -5.80. The molecule has 1 aromatic heterocycles. The molecule has 0 fully saturated rings. The van der Waals surface area contributed by atoms with Gasteiger partial charge in [0.1, 0.15) is 0 Å². The summed E-state index contributed by atoms with van der Waals surface area (Å²) in [6, 6.07) is 55.7. The second-order valence-corrected chi connectivity index (χ2v) is 15.6. The molecule has 50 heavy (non-hydrogen) atoms. The number of hydrogen-bond acceptors (Lipinski definition) is 1. The Labute approximate surface area is 292 Å². The molecule has 8 aromatic rings. The smallest absolute Gasteiger partial charge is 0.333 e. The minimum absolute atomic E-state index is 0.0290. The van der Waals surface area contributed by atoms with Crippen molar-refractivity contribution in [3.8, 4) is 22.3 Å². The van der Waals surface area contributed by atoms with Gasteiger partial charge in [-0.3, -0.25) is 0 Å². The maximum absolute atomic E-state index is 2.68. The lowest BCUT2D eigenvalue weighted by Crippen LogP contribution is -2.58. The number of anilines is 3. The Kier molecular flexibility index (Phi) is 4.80. The van der Waals surface area contributed by atoms with Gasteiger partial charge >= 0.3 is 6.85 Å². The Balaban J connectivity index is 1.31. The SMILES string of the molecule is CC(C)(C)c1cc2c3c(c1)N1c4ccccc4C4(c5ccccc5-c5ccccc54)c4cccc(c41)B3n1c3ccccc3c3cccc-2c31. The number of rotatable bonds is 0. The van der Waals surface area contributed by atoms with Crippen LogP contribution in [0.3, 0.4) is 0 Å². The van der Waals surface area contributed by atoms with Crippen LogP contribution in [0, 0.1) is 0 Å². The summed E-state index contributed by atoms with van der Waals surface area (Å²) in [7, 11) is 0. The Morgan fingerprint density at radius 1 is 0.520 bits per heavy atom. The highest BCUT2D eigenvalue weighted by atomic mass is 15.2. The largest absolute Gasteiger partial charge is 0.375 e. The van der Waals surface area contributed by atoms with Gasteiger partial charge in [-0.05, 0) is 79.0 Å². The summed E-state index contributed by atoms with van der Waals surface area (Å²) in [5, 5.41) is 2.65. The van der Waals surface area contributed by atoms with Crippen LogP contribution >= 0.6 is 0 Å². The van der Waals surface area contributed by atoms with E-state index in [0.717, 1.165) is 0 Å². The minimum atomic E-state index is -0.436. The second kappa shape index (κ2) is 8.86. The summed E-state index contributed by atoms with van der Waals surface area (Å²) in [5.41, 5.74) is 21.0. The van der Waals surface area contributed by atoms with Gasteiger partial charge in [-0.1, -0.05) is 148 Å². The van der Waals surface area contributed by atoms with E-state index >= 15 is 0 Å². The molecule has 0 saturated carbocycles. The van der Waals surface area contributed by atoms with Gasteiger partial charge in [0, 0.05) is 38.7 Å². The van der Waals surface area contributed by atoms with Crippen LogP contribution in [0.5, 0.6) is 0 Å². The minimum Gasteiger partial charge on any atom is -0.375 e. The highest BCUT2D eigenvalue weighted by Gasteiger charge is 2.55. The van der Waals surface area contributed by atoms with Gasteiger partial charge in [0.2, 0.25) is 0 Å². The highest BCUT2D eigenvalue weighted by molar-refractivity contribution is 6.90. The van der Waals surface area contributed by atoms with Gasteiger partial charge in [0.25, 0.3) is 0 Å². The summed E-state index contributed by atoms with van der Waals surface area (Å²) in [4.78, 5) is 2.65. The molecule has 4 aliphatic rings. The zero-order chi connectivity index (χ0) is 33.1. The first-order chi connectivity index (χ1) is 24.5. The quantitative estimate of drug-likeness (QED) is 0.150. The molecule has 1 aliphatic carbocycles. The summed E-state index contributed by atoms with van der Waals surface area (Å²) >= 11 is 0. The summed E-state index contributed by atoms with van der Waals surface area (Å²) in [6.07, 6.45) is 0. The van der Waals surface area contributed by atoms with E-state index in [1.54, 1.807) is 0 Å². The first-order valence-electron chi connectivity index (χ1n) is 17.9. The van der Waals surface area contributed by atoms with Crippen molar-refractivity contribution < 1.29 is 0 Å². The van der Waals surface area contributed by atoms with Crippen LogP contribution in [0.15, 0.2) is 146 Å². The van der Waals surface area contributed by atoms with Gasteiger partial charge in [0.05, 0.1) is 11.1 Å². The van der Waals surface area contributed by atoms with E-state index in [9.17, 15) is 0 Å². The van der Waals surface area contributed by atoms with E-state index in [0.29, 0.717) is 0 Å². The number of hydrogen-bond donors (Lipinski definition) is 0. The van der Waals surface area contributed by atoms with Gasteiger partial charge in [0.15, 0.2) is 0 Å². The van der Waals surface area contributed by atoms with Crippen LogP contribution in [0.25, 0.3) is 44.1 Å². The van der Waals surface area contributed by atoms with Crippen LogP contribution in [0.4, 0.5) is 17.1 Å². The molecule has 0 saturated heterocycles. The van der Waals surface area contributed by atoms with Crippen molar-refractivity contribution in [2.75, 3.05) is 4.90 Å². The fourth-order valence-electron chi connectivity index (χ4n) is 10.4. The van der Waals surface area contributed by atoms with Crippen LogP contribution in [-0.4, -0.2) is 11.3 Å². The second-order valence-electron chi connectivity index (χ2n) is 15.6. The van der Waals surface area contributed by atoms with Crippen molar-refractivity contribution in [1.29, 1.82) is 0 Å². The Bertz CT molecular complexity index is 2790. The monoisotopic (exact) mass is 636 g/mol. The van der Waals surface area contributed by atoms with Crippen molar-refractivity contribution >= 4 is 56.6 Å². The Morgan fingerprint density at radius 3 is 1.92 bits per heavy atom. The number of fused-ring (bicyclic) bond motifs is 16. The van der Waals surface area contributed by atoms with Gasteiger partial charge in [-0.25, -0.2) is 0 Å². The molecule has 0 bridgehead atoms. The molecule has 234 valence electrons. The predicted molar refractivity (Wildman–Crippen MR) is 210 cm³/mol. The molecule has 2 nitrogen and oxygen atoms in total. The molecule has 0 unspecified atom stereocenters. The van der Waals surface area contributed by atoms with Crippen molar-refractivity contribution in [2.24, 2.45) is 0 Å². The molecular formula is C47H33BN2. The molecule has 4 heterocycles. The highest BCUT2D eigenvalue weighted by Crippen LogP contribution is 2.64. The van der Waals surface area contributed by atoms with E-state index in [-0.39, 0.29) is 12.3 Å². The standard InChI is InChI=1S/C47H33BN2/c1-46(2,3)28-26-34-33-18-12-17-32-31-16-6-10-24-40(31)50(44(32)33)48-39-23-13-22-38-45(39)49(42(27-28)43(34)48)41-25-11-9-21-37(41)47(38)35-19-7-4-14-29(35)30-15-5-8-20-36(30)47/h4-27H,1-3H3. The molecule has 0 radical (unpaired) electrons. The lowest BCUT2D eigenvalue weighted by molar-refractivity contribution is 0.590. The number of nitrogens with zero attached hydrogens (tertiary/aromatic N) is 2. The third kappa shape index (κ3) is 2.94. The maximum atomic E-state index is 2.68. The number of aromatic nitrogens is 1. The lowest BCUT2D eigenvalue weighted by atomic mass is 9.43. The van der Waals surface area contributed by atoms with Gasteiger partial charge in [-0.2, -0.15) is 0 Å². The van der Waals surface area contributed by atoms with Crippen molar-refractivity contribution in [3.63, 3.8) is 0 Å². The molecule has 0 N–H and O–H groups in total. The van der Waals surface area contributed by atoms with E-state index in [1.165, 1.54) is 99.9 Å². The number of para-hydroxylation sites is 4. The van der Waals surface area contributed by atoms with Crippen molar-refractivity contribution in [3.05, 3.63) is 173 Å². The van der Waals surface area contributed by atoms with Crippen LogP contribution in [0.2, 0.25) is 0 Å². The molecular weight excluding hydrogens is 603 g/mol. The van der Waals surface area contributed by atoms with E-state index < -0.39 is 5.41 Å². The zero-order valence-electron chi connectivity index (χ0n) is 28.3. The van der Waals surface area contributed by atoms with Crippen LogP contribution in [0.1, 0.15) is 48.6 Å². The summed E-state index contributed by atoms with van der Waals surface area (Å²) in [6.45, 7) is 7.10.